The summed E-state index contributed by atoms with van der Waals surface area (Å²) in [6, 6.07) is 1.37. The van der Waals surface area contributed by atoms with Crippen LogP contribution in [0.15, 0.2) is 0 Å². The van der Waals surface area contributed by atoms with Crippen LogP contribution >= 0.6 is 23.9 Å². The Morgan fingerprint density at radius 3 is 1.38 bits per heavy atom. The molecule has 0 aromatic rings. The fourth-order valence-corrected chi connectivity index (χ4v) is 3.11. The first-order valence-corrected chi connectivity index (χ1v) is 8.12. The monoisotopic (exact) mass is 264 g/mol. The second kappa shape index (κ2) is 9.63. The molecule has 0 spiro atoms. The van der Waals surface area contributed by atoms with Gasteiger partial charge < -0.3 is 0 Å². The SMILES string of the molecule is CCC(C)N(C)SCCSN(C)C(C)CC. The highest BCUT2D eigenvalue weighted by molar-refractivity contribution is 8.00. The van der Waals surface area contributed by atoms with E-state index in [1.807, 2.05) is 23.9 Å². The largest absolute Gasteiger partial charge is 0.251 e. The number of hydrogen-bond acceptors (Lipinski definition) is 4. The smallest absolute Gasteiger partial charge is 0.0184 e. The Labute approximate surface area is 111 Å². The Hall–Kier alpha value is 0.620. The van der Waals surface area contributed by atoms with Crippen molar-refractivity contribution >= 4 is 23.9 Å². The van der Waals surface area contributed by atoms with Crippen molar-refractivity contribution in [2.45, 2.75) is 52.6 Å². The molecule has 0 N–H and O–H groups in total. The molecule has 0 saturated heterocycles. The van der Waals surface area contributed by atoms with Gasteiger partial charge in [-0.3, -0.25) is 8.61 Å². The zero-order chi connectivity index (χ0) is 12.6. The van der Waals surface area contributed by atoms with Gasteiger partial charge in [0.15, 0.2) is 0 Å². The van der Waals surface area contributed by atoms with Crippen molar-refractivity contribution < 1.29 is 0 Å². The Balaban J connectivity index is 3.52. The maximum absolute atomic E-state index is 2.38. The molecule has 0 aromatic carbocycles. The molecular weight excluding hydrogens is 236 g/mol. The van der Waals surface area contributed by atoms with Gasteiger partial charge in [-0.1, -0.05) is 37.7 Å². The van der Waals surface area contributed by atoms with E-state index in [-0.39, 0.29) is 0 Å². The van der Waals surface area contributed by atoms with Crippen molar-refractivity contribution in [3.05, 3.63) is 0 Å². The lowest BCUT2D eigenvalue weighted by molar-refractivity contribution is 0.424. The quantitative estimate of drug-likeness (QED) is 0.462. The number of hydrogen-bond donors (Lipinski definition) is 0. The van der Waals surface area contributed by atoms with Crippen LogP contribution in [0.2, 0.25) is 0 Å². The van der Waals surface area contributed by atoms with Crippen LogP contribution in [0.1, 0.15) is 40.5 Å². The molecule has 0 saturated carbocycles. The molecule has 2 nitrogen and oxygen atoms in total. The standard InChI is InChI=1S/C12H28N2S2/c1-7-11(3)13(5)15-9-10-16-14(6)12(4)8-2/h11-12H,7-10H2,1-6H3. The minimum absolute atomic E-state index is 0.683. The van der Waals surface area contributed by atoms with Gasteiger partial charge in [-0.05, 0) is 40.8 Å². The number of rotatable bonds is 9. The second-order valence-electron chi connectivity index (χ2n) is 4.27. The first-order chi connectivity index (χ1) is 7.52. The summed E-state index contributed by atoms with van der Waals surface area (Å²) in [5.41, 5.74) is 0. The van der Waals surface area contributed by atoms with Gasteiger partial charge in [0.25, 0.3) is 0 Å². The molecule has 0 aliphatic carbocycles. The van der Waals surface area contributed by atoms with Crippen LogP contribution in [0.25, 0.3) is 0 Å². The predicted molar refractivity (Wildman–Crippen MR) is 79.9 cm³/mol. The van der Waals surface area contributed by atoms with Gasteiger partial charge in [-0.25, -0.2) is 0 Å². The van der Waals surface area contributed by atoms with E-state index < -0.39 is 0 Å². The molecule has 2 unspecified atom stereocenters. The van der Waals surface area contributed by atoms with Crippen LogP contribution < -0.4 is 0 Å². The Morgan fingerprint density at radius 2 is 1.12 bits per heavy atom. The molecule has 0 rings (SSSR count). The van der Waals surface area contributed by atoms with Gasteiger partial charge in [0.2, 0.25) is 0 Å². The zero-order valence-corrected chi connectivity index (χ0v) is 13.3. The van der Waals surface area contributed by atoms with Crippen LogP contribution in [-0.4, -0.2) is 46.3 Å². The molecule has 0 aliphatic rings. The van der Waals surface area contributed by atoms with Crippen molar-refractivity contribution in [3.63, 3.8) is 0 Å². The third-order valence-corrected chi connectivity index (χ3v) is 5.66. The fourth-order valence-electron chi connectivity index (χ4n) is 1.13. The summed E-state index contributed by atoms with van der Waals surface area (Å²) in [6.45, 7) is 9.05. The van der Waals surface area contributed by atoms with Gasteiger partial charge in [0.05, 0.1) is 0 Å². The molecule has 0 aliphatic heterocycles. The Kier molecular flexibility index (Phi) is 10.0. The summed E-state index contributed by atoms with van der Waals surface area (Å²) in [7, 11) is 4.39. The summed E-state index contributed by atoms with van der Waals surface area (Å²) >= 11 is 3.91. The van der Waals surface area contributed by atoms with Gasteiger partial charge in [0.1, 0.15) is 0 Å². The summed E-state index contributed by atoms with van der Waals surface area (Å²) in [5.74, 6) is 2.40. The normalized spacial score (nSPS) is 15.8. The van der Waals surface area contributed by atoms with Crippen LogP contribution in [-0.2, 0) is 0 Å². The van der Waals surface area contributed by atoms with E-state index in [4.69, 9.17) is 0 Å². The molecule has 0 radical (unpaired) electrons. The topological polar surface area (TPSA) is 6.48 Å². The summed E-state index contributed by atoms with van der Waals surface area (Å²) < 4.78 is 4.76. The lowest BCUT2D eigenvalue weighted by Crippen LogP contribution is -2.24. The highest BCUT2D eigenvalue weighted by Crippen LogP contribution is 2.18. The minimum Gasteiger partial charge on any atom is -0.251 e. The van der Waals surface area contributed by atoms with Gasteiger partial charge >= 0.3 is 0 Å². The predicted octanol–water partition coefficient (Wildman–Crippen LogP) is 3.74. The second-order valence-corrected chi connectivity index (χ2v) is 6.76. The van der Waals surface area contributed by atoms with E-state index >= 15 is 0 Å². The van der Waals surface area contributed by atoms with Crippen LogP contribution in [0.5, 0.6) is 0 Å². The van der Waals surface area contributed by atoms with E-state index in [0.29, 0.717) is 12.1 Å². The molecule has 0 amide bonds. The molecular formula is C12H28N2S2. The van der Waals surface area contributed by atoms with Gasteiger partial charge in [-0.15, -0.1) is 0 Å². The highest BCUT2D eigenvalue weighted by atomic mass is 32.2. The van der Waals surface area contributed by atoms with E-state index in [0.717, 1.165) is 0 Å². The molecule has 98 valence electrons. The van der Waals surface area contributed by atoms with E-state index in [2.05, 4.69) is 50.4 Å². The van der Waals surface area contributed by atoms with E-state index in [9.17, 15) is 0 Å². The first kappa shape index (κ1) is 16.6. The van der Waals surface area contributed by atoms with Gasteiger partial charge in [-0.2, -0.15) is 0 Å². The highest BCUT2D eigenvalue weighted by Gasteiger charge is 2.09. The molecule has 0 fully saturated rings. The first-order valence-electron chi connectivity index (χ1n) is 6.24. The molecule has 0 heterocycles. The van der Waals surface area contributed by atoms with Crippen LogP contribution in [0.3, 0.4) is 0 Å². The van der Waals surface area contributed by atoms with Crippen molar-refractivity contribution in [3.8, 4) is 0 Å². The summed E-state index contributed by atoms with van der Waals surface area (Å²) in [4.78, 5) is 0. The molecule has 4 heteroatoms. The molecule has 2 atom stereocenters. The number of nitrogens with zero attached hydrogens (tertiary/aromatic N) is 2. The van der Waals surface area contributed by atoms with E-state index in [1.165, 1.54) is 24.3 Å². The third kappa shape index (κ3) is 7.05. The maximum Gasteiger partial charge on any atom is 0.0184 e. The Bertz CT molecular complexity index is 149. The van der Waals surface area contributed by atoms with Crippen molar-refractivity contribution in [2.24, 2.45) is 0 Å². The molecule has 0 bridgehead atoms. The summed E-state index contributed by atoms with van der Waals surface area (Å²) in [5, 5.41) is 0. The lowest BCUT2D eigenvalue weighted by Gasteiger charge is -2.24. The molecule has 0 aromatic heterocycles. The zero-order valence-electron chi connectivity index (χ0n) is 11.7. The Morgan fingerprint density at radius 1 is 0.812 bits per heavy atom. The van der Waals surface area contributed by atoms with E-state index in [1.54, 1.807) is 0 Å². The third-order valence-electron chi connectivity index (χ3n) is 3.10. The van der Waals surface area contributed by atoms with Crippen LogP contribution in [0, 0.1) is 0 Å². The van der Waals surface area contributed by atoms with Gasteiger partial charge in [0, 0.05) is 23.6 Å². The molecule has 16 heavy (non-hydrogen) atoms. The van der Waals surface area contributed by atoms with Crippen LogP contribution in [0.4, 0.5) is 0 Å². The lowest BCUT2D eigenvalue weighted by atomic mass is 10.3. The van der Waals surface area contributed by atoms with Crippen molar-refractivity contribution in [1.82, 2.24) is 8.61 Å². The summed E-state index contributed by atoms with van der Waals surface area (Å²) in [6.07, 6.45) is 2.45. The fraction of sp³-hybridized carbons (Fsp3) is 1.00. The maximum atomic E-state index is 2.38. The van der Waals surface area contributed by atoms with Crippen molar-refractivity contribution in [2.75, 3.05) is 25.6 Å². The minimum atomic E-state index is 0.683. The van der Waals surface area contributed by atoms with Crippen molar-refractivity contribution in [1.29, 1.82) is 0 Å². The average Bonchev–Trinajstić information content (AvgIpc) is 2.31. The average molecular weight is 265 g/mol.